The average Bonchev–Trinajstić information content (AvgIpc) is 3.02. The number of carbonyl (C=O) groups is 1. The van der Waals surface area contributed by atoms with Crippen LogP contribution in [0.15, 0.2) is 54.0 Å². The van der Waals surface area contributed by atoms with Gasteiger partial charge >= 0.3 is 0 Å². The first-order valence-corrected chi connectivity index (χ1v) is 9.53. The molecular weight excluding hydrogens is 328 g/mol. The highest BCUT2D eigenvalue weighted by Crippen LogP contribution is 2.24. The summed E-state index contributed by atoms with van der Waals surface area (Å²) in [5.74, 6) is 0.439. The Morgan fingerprint density at radius 1 is 1.24 bits per heavy atom. The van der Waals surface area contributed by atoms with Gasteiger partial charge in [-0.2, -0.15) is 0 Å². The van der Waals surface area contributed by atoms with E-state index in [0.717, 1.165) is 23.1 Å². The van der Waals surface area contributed by atoms with Crippen molar-refractivity contribution in [2.45, 2.75) is 39.2 Å². The molecule has 0 radical (unpaired) electrons. The van der Waals surface area contributed by atoms with E-state index in [9.17, 15) is 4.79 Å². The number of nitrogens with zero attached hydrogens (tertiary/aromatic N) is 1. The van der Waals surface area contributed by atoms with E-state index in [2.05, 4.69) is 43.2 Å². The minimum Gasteiger partial charge on any atom is -0.346 e. The predicted molar refractivity (Wildman–Crippen MR) is 105 cm³/mol. The number of amides is 1. The summed E-state index contributed by atoms with van der Waals surface area (Å²) in [6.45, 7) is 6.51. The summed E-state index contributed by atoms with van der Waals surface area (Å²) in [4.78, 5) is 17.2. The number of hydrogen-bond acceptors (Lipinski definition) is 3. The molecule has 1 N–H and O–H groups in total. The van der Waals surface area contributed by atoms with Crippen LogP contribution in [0.4, 0.5) is 0 Å². The summed E-state index contributed by atoms with van der Waals surface area (Å²) >= 11 is 1.61. The van der Waals surface area contributed by atoms with Crippen LogP contribution in [-0.2, 0) is 6.42 Å². The van der Waals surface area contributed by atoms with Gasteiger partial charge in [0.25, 0.3) is 5.91 Å². The molecule has 0 aliphatic carbocycles. The molecule has 0 saturated heterocycles. The number of fused-ring (bicyclic) bond motifs is 1. The highest BCUT2D eigenvalue weighted by atomic mass is 32.1. The molecule has 4 heteroatoms. The van der Waals surface area contributed by atoms with Crippen LogP contribution in [-0.4, -0.2) is 16.4 Å². The Bertz CT molecular complexity index is 856. The Morgan fingerprint density at radius 3 is 2.72 bits per heavy atom. The molecule has 3 nitrogen and oxygen atoms in total. The van der Waals surface area contributed by atoms with Gasteiger partial charge in [-0.1, -0.05) is 44.2 Å². The fourth-order valence-corrected chi connectivity index (χ4v) is 4.21. The maximum absolute atomic E-state index is 12.9. The minimum absolute atomic E-state index is 0.0538. The van der Waals surface area contributed by atoms with Crippen LogP contribution >= 0.6 is 11.3 Å². The molecule has 0 saturated carbocycles. The van der Waals surface area contributed by atoms with Crippen LogP contribution < -0.4 is 5.32 Å². The van der Waals surface area contributed by atoms with Gasteiger partial charge in [-0.05, 0) is 48.8 Å². The molecular formula is C21H24N2OS. The monoisotopic (exact) mass is 352 g/mol. The zero-order valence-corrected chi connectivity index (χ0v) is 15.8. The van der Waals surface area contributed by atoms with E-state index in [1.807, 2.05) is 35.7 Å². The van der Waals surface area contributed by atoms with Crippen LogP contribution in [0.2, 0.25) is 0 Å². The zero-order valence-electron chi connectivity index (χ0n) is 15.0. The number of thiophene rings is 1. The van der Waals surface area contributed by atoms with Crippen molar-refractivity contribution >= 4 is 27.5 Å². The lowest BCUT2D eigenvalue weighted by Crippen LogP contribution is -2.48. The van der Waals surface area contributed by atoms with E-state index < -0.39 is 0 Å². The predicted octanol–water partition coefficient (Wildman–Crippen LogP) is 5.07. The van der Waals surface area contributed by atoms with Crippen molar-refractivity contribution in [3.8, 4) is 0 Å². The lowest BCUT2D eigenvalue weighted by atomic mass is 9.84. The van der Waals surface area contributed by atoms with Gasteiger partial charge in [-0.25, -0.2) is 0 Å². The Balaban J connectivity index is 1.82. The summed E-state index contributed by atoms with van der Waals surface area (Å²) < 4.78 is 1.04. The average molecular weight is 353 g/mol. The number of aromatic nitrogens is 1. The second-order valence-corrected chi connectivity index (χ2v) is 8.25. The molecule has 1 aromatic carbocycles. The van der Waals surface area contributed by atoms with Gasteiger partial charge < -0.3 is 5.32 Å². The van der Waals surface area contributed by atoms with Crippen LogP contribution in [0, 0.1) is 5.92 Å². The van der Waals surface area contributed by atoms with Gasteiger partial charge in [0.05, 0.1) is 15.8 Å². The van der Waals surface area contributed by atoms with Crippen molar-refractivity contribution in [3.63, 3.8) is 0 Å². The third-order valence-corrected chi connectivity index (χ3v) is 5.13. The Labute approximate surface area is 153 Å². The highest BCUT2D eigenvalue weighted by molar-refractivity contribution is 7.17. The van der Waals surface area contributed by atoms with Crippen molar-refractivity contribution in [2.75, 3.05) is 0 Å². The van der Waals surface area contributed by atoms with Gasteiger partial charge in [-0.3, -0.25) is 9.78 Å². The molecule has 0 aliphatic heterocycles. The minimum atomic E-state index is -0.295. The SMILES string of the molecule is CC(C)CC(C)(Cc1ccccc1)NC(=O)c1cnc2ccsc2c1. The lowest BCUT2D eigenvalue weighted by Gasteiger charge is -2.33. The molecule has 1 unspecified atom stereocenters. The molecule has 3 rings (SSSR count). The Kier molecular flexibility index (Phi) is 5.19. The molecule has 25 heavy (non-hydrogen) atoms. The van der Waals surface area contributed by atoms with E-state index in [-0.39, 0.29) is 11.4 Å². The van der Waals surface area contributed by atoms with Crippen molar-refractivity contribution in [3.05, 3.63) is 65.2 Å². The van der Waals surface area contributed by atoms with Crippen molar-refractivity contribution in [1.29, 1.82) is 0 Å². The molecule has 3 aromatic rings. The van der Waals surface area contributed by atoms with Gasteiger partial charge in [0.1, 0.15) is 0 Å². The molecule has 1 atom stereocenters. The van der Waals surface area contributed by atoms with Crippen LogP contribution in [0.3, 0.4) is 0 Å². The standard InChI is InChI=1S/C21H24N2OS/c1-15(2)12-21(3,13-16-7-5-4-6-8-16)23-20(24)17-11-19-18(22-14-17)9-10-25-19/h4-11,14-15H,12-13H2,1-3H3,(H,23,24). The number of nitrogens with one attached hydrogen (secondary N) is 1. The largest absolute Gasteiger partial charge is 0.346 e. The maximum atomic E-state index is 12.9. The summed E-state index contributed by atoms with van der Waals surface area (Å²) in [7, 11) is 0. The number of rotatable bonds is 6. The van der Waals surface area contributed by atoms with E-state index in [0.29, 0.717) is 11.5 Å². The summed E-state index contributed by atoms with van der Waals surface area (Å²) in [5.41, 5.74) is 2.50. The third-order valence-electron chi connectivity index (χ3n) is 4.28. The zero-order chi connectivity index (χ0) is 17.9. The van der Waals surface area contributed by atoms with Gasteiger partial charge in [0.15, 0.2) is 0 Å². The fraction of sp³-hybridized carbons (Fsp3) is 0.333. The third kappa shape index (κ3) is 4.45. The normalized spacial score (nSPS) is 13.8. The smallest absolute Gasteiger partial charge is 0.253 e. The van der Waals surface area contributed by atoms with Gasteiger partial charge in [0, 0.05) is 11.7 Å². The van der Waals surface area contributed by atoms with Crippen LogP contribution in [0.5, 0.6) is 0 Å². The topological polar surface area (TPSA) is 42.0 Å². The first-order valence-electron chi connectivity index (χ1n) is 8.65. The molecule has 2 aromatic heterocycles. The summed E-state index contributed by atoms with van der Waals surface area (Å²) in [6.07, 6.45) is 3.40. The fourth-order valence-electron chi connectivity index (χ4n) is 3.43. The molecule has 0 fully saturated rings. The number of benzene rings is 1. The second kappa shape index (κ2) is 7.36. The molecule has 0 bridgehead atoms. The first-order chi connectivity index (χ1) is 12.0. The van der Waals surface area contributed by atoms with Crippen LogP contribution in [0.25, 0.3) is 10.2 Å². The highest BCUT2D eigenvalue weighted by Gasteiger charge is 2.28. The Morgan fingerprint density at radius 2 is 2.00 bits per heavy atom. The van der Waals surface area contributed by atoms with Crippen molar-refractivity contribution < 1.29 is 4.79 Å². The summed E-state index contributed by atoms with van der Waals surface area (Å²) in [5, 5.41) is 5.27. The number of hydrogen-bond donors (Lipinski definition) is 1. The van der Waals surface area contributed by atoms with E-state index in [1.54, 1.807) is 17.5 Å². The molecule has 1 amide bonds. The lowest BCUT2D eigenvalue weighted by molar-refractivity contribution is 0.0894. The molecule has 0 aliphatic rings. The van der Waals surface area contributed by atoms with Gasteiger partial charge in [0.2, 0.25) is 0 Å². The second-order valence-electron chi connectivity index (χ2n) is 7.30. The van der Waals surface area contributed by atoms with Crippen molar-refractivity contribution in [2.24, 2.45) is 5.92 Å². The van der Waals surface area contributed by atoms with E-state index in [1.165, 1.54) is 5.56 Å². The molecule has 2 heterocycles. The number of pyridine rings is 1. The Hall–Kier alpha value is -2.20. The van der Waals surface area contributed by atoms with E-state index >= 15 is 0 Å². The molecule has 0 spiro atoms. The quantitative estimate of drug-likeness (QED) is 0.672. The van der Waals surface area contributed by atoms with Gasteiger partial charge in [-0.15, -0.1) is 11.3 Å². The molecule has 130 valence electrons. The van der Waals surface area contributed by atoms with Crippen LogP contribution in [0.1, 0.15) is 43.1 Å². The van der Waals surface area contributed by atoms with Crippen molar-refractivity contribution in [1.82, 2.24) is 10.3 Å². The number of carbonyl (C=O) groups excluding carboxylic acids is 1. The summed E-state index contributed by atoms with van der Waals surface area (Å²) in [6, 6.07) is 14.2. The van der Waals surface area contributed by atoms with E-state index in [4.69, 9.17) is 0 Å². The maximum Gasteiger partial charge on any atom is 0.253 e. The first kappa shape index (κ1) is 17.6.